The number of phenolic OH excluding ortho intramolecular Hbond substituents is 1. The fraction of sp³-hybridized carbons (Fsp3) is 0.273. The minimum atomic E-state index is -0.737. The summed E-state index contributed by atoms with van der Waals surface area (Å²) in [6, 6.07) is 10.1. The van der Waals surface area contributed by atoms with Gasteiger partial charge in [-0.2, -0.15) is 0 Å². The third kappa shape index (κ3) is 6.26. The lowest BCUT2D eigenvalue weighted by Crippen LogP contribution is -2.22. The van der Waals surface area contributed by atoms with E-state index in [0.29, 0.717) is 35.6 Å². The predicted octanol–water partition coefficient (Wildman–Crippen LogP) is 4.49. The van der Waals surface area contributed by atoms with Crippen LogP contribution in [0.3, 0.4) is 0 Å². The third-order valence-corrected chi connectivity index (χ3v) is 5.50. The zero-order valence-corrected chi connectivity index (χ0v) is 19.4. The van der Waals surface area contributed by atoms with E-state index in [0.717, 1.165) is 3.57 Å². The van der Waals surface area contributed by atoms with E-state index in [1.54, 1.807) is 42.5 Å². The van der Waals surface area contributed by atoms with E-state index in [9.17, 15) is 14.7 Å². The Labute approximate surface area is 198 Å². The molecule has 0 aliphatic carbocycles. The number of fused-ring (bicyclic) bond motifs is 1. The number of aromatic hydroxyl groups is 1. The molecule has 2 atom stereocenters. The molecule has 2 amide bonds. The van der Waals surface area contributed by atoms with Crippen LogP contribution in [0.25, 0.3) is 0 Å². The van der Waals surface area contributed by atoms with Crippen molar-refractivity contribution in [3.8, 4) is 17.2 Å². The largest absolute Gasteiger partial charge is 0.508 e. The van der Waals surface area contributed by atoms with Crippen LogP contribution in [0, 0.1) is 9.49 Å². The van der Waals surface area contributed by atoms with E-state index in [-0.39, 0.29) is 18.5 Å². The van der Waals surface area contributed by atoms with Gasteiger partial charge < -0.3 is 19.3 Å². The fourth-order valence-corrected chi connectivity index (χ4v) is 3.73. The quantitative estimate of drug-likeness (QED) is 0.164. The molecule has 0 spiro atoms. The molecule has 0 aromatic heterocycles. The Morgan fingerprint density at radius 1 is 1.22 bits per heavy atom. The molecule has 3 rings (SSSR count). The first-order valence-corrected chi connectivity index (χ1v) is 10.9. The summed E-state index contributed by atoms with van der Waals surface area (Å²) in [5, 5.41) is 21.6. The summed E-state index contributed by atoms with van der Waals surface area (Å²) in [7, 11) is 0. The maximum Gasteiger partial charge on any atom is 0.412 e. The van der Waals surface area contributed by atoms with Crippen LogP contribution < -0.4 is 20.3 Å². The minimum absolute atomic E-state index is 0.0216. The van der Waals surface area contributed by atoms with Gasteiger partial charge in [-0.25, -0.2) is 10.3 Å². The standard InChI is InChI=1S/C22H23IN2O7/c1-13(4-2-3-5-20(27)25-29)21(16-10-14(23)6-8-17(16)26)32-22(28)24-15-7-9-18-19(11-15)31-12-30-18/h3,5-11,13,21,26,29H,2,4,12H2,1H3,(H,24,28)(H,25,27)/b5-3+/t13-,21+/m0/s1. The molecule has 1 heterocycles. The SMILES string of the molecule is C[C@@H](CC/C=C/C(=O)NO)[C@@H](OC(=O)Nc1ccc2c(c1)OCO2)c1cc(I)ccc1O. The van der Waals surface area contributed by atoms with Gasteiger partial charge in [0.05, 0.1) is 0 Å². The number of rotatable bonds is 8. The number of carbonyl (C=O) groups is 2. The molecule has 4 N–H and O–H groups in total. The van der Waals surface area contributed by atoms with Gasteiger partial charge in [0.15, 0.2) is 11.5 Å². The van der Waals surface area contributed by atoms with Gasteiger partial charge in [-0.1, -0.05) is 13.0 Å². The third-order valence-electron chi connectivity index (χ3n) is 4.83. The van der Waals surface area contributed by atoms with Crippen molar-refractivity contribution in [2.45, 2.75) is 25.9 Å². The molecule has 0 unspecified atom stereocenters. The number of anilines is 1. The summed E-state index contributed by atoms with van der Waals surface area (Å²) in [5.41, 5.74) is 2.50. The number of hydroxylamine groups is 1. The molecule has 0 fully saturated rings. The number of nitrogens with one attached hydrogen (secondary N) is 2. The number of allylic oxidation sites excluding steroid dienone is 1. The summed E-state index contributed by atoms with van der Waals surface area (Å²) in [4.78, 5) is 23.8. The molecule has 2 aromatic carbocycles. The van der Waals surface area contributed by atoms with Gasteiger partial charge in [0.25, 0.3) is 5.91 Å². The highest BCUT2D eigenvalue weighted by Gasteiger charge is 2.26. The Morgan fingerprint density at radius 3 is 2.78 bits per heavy atom. The topological polar surface area (TPSA) is 126 Å². The second-order valence-corrected chi connectivity index (χ2v) is 8.40. The summed E-state index contributed by atoms with van der Waals surface area (Å²) in [5.74, 6) is 0.337. The molecule has 1 aliphatic heterocycles. The van der Waals surface area contributed by atoms with Crippen LogP contribution in [0.4, 0.5) is 10.5 Å². The predicted molar refractivity (Wildman–Crippen MR) is 124 cm³/mol. The monoisotopic (exact) mass is 554 g/mol. The van der Waals surface area contributed by atoms with Gasteiger partial charge in [0.2, 0.25) is 6.79 Å². The molecule has 0 radical (unpaired) electrons. The Balaban J connectivity index is 1.72. The summed E-state index contributed by atoms with van der Waals surface area (Å²) in [6.45, 7) is 2.01. The first-order valence-electron chi connectivity index (χ1n) is 9.83. The maximum atomic E-state index is 12.7. The lowest BCUT2D eigenvalue weighted by molar-refractivity contribution is -0.124. The van der Waals surface area contributed by atoms with E-state index in [4.69, 9.17) is 19.4 Å². The number of phenols is 1. The van der Waals surface area contributed by atoms with Crippen LogP contribution >= 0.6 is 22.6 Å². The van der Waals surface area contributed by atoms with Crippen LogP contribution in [-0.2, 0) is 9.53 Å². The van der Waals surface area contributed by atoms with E-state index < -0.39 is 18.1 Å². The van der Waals surface area contributed by atoms with Gasteiger partial charge in [-0.05, 0) is 71.7 Å². The molecule has 1 aliphatic rings. The molecule has 0 bridgehead atoms. The Morgan fingerprint density at radius 2 is 2.00 bits per heavy atom. The average molecular weight is 554 g/mol. The first kappa shape index (κ1) is 23.7. The highest BCUT2D eigenvalue weighted by Crippen LogP contribution is 2.37. The van der Waals surface area contributed by atoms with Gasteiger partial charge in [0, 0.05) is 27.0 Å². The molecular formula is C22H23IN2O7. The van der Waals surface area contributed by atoms with Crippen LogP contribution in [0.1, 0.15) is 31.4 Å². The van der Waals surface area contributed by atoms with E-state index >= 15 is 0 Å². The summed E-state index contributed by atoms with van der Waals surface area (Å²) >= 11 is 2.12. The number of ether oxygens (including phenoxy) is 3. The van der Waals surface area contributed by atoms with Crippen molar-refractivity contribution in [3.63, 3.8) is 0 Å². The highest BCUT2D eigenvalue weighted by molar-refractivity contribution is 14.1. The van der Waals surface area contributed by atoms with Crippen molar-refractivity contribution in [1.82, 2.24) is 5.48 Å². The van der Waals surface area contributed by atoms with Crippen molar-refractivity contribution >= 4 is 40.3 Å². The molecule has 2 aromatic rings. The summed E-state index contributed by atoms with van der Waals surface area (Å²) < 4.78 is 17.2. The van der Waals surface area contributed by atoms with E-state index in [2.05, 4.69) is 27.9 Å². The number of carbonyl (C=O) groups excluding carboxylic acids is 2. The number of benzene rings is 2. The minimum Gasteiger partial charge on any atom is -0.508 e. The Bertz CT molecular complexity index is 1010. The fourth-order valence-electron chi connectivity index (χ4n) is 3.21. The molecular weight excluding hydrogens is 531 g/mol. The molecule has 32 heavy (non-hydrogen) atoms. The lowest BCUT2D eigenvalue weighted by Gasteiger charge is -2.25. The van der Waals surface area contributed by atoms with Gasteiger partial charge >= 0.3 is 6.09 Å². The smallest absolute Gasteiger partial charge is 0.412 e. The van der Waals surface area contributed by atoms with Crippen molar-refractivity contribution < 1.29 is 34.1 Å². The van der Waals surface area contributed by atoms with Crippen molar-refractivity contribution in [3.05, 3.63) is 57.7 Å². The van der Waals surface area contributed by atoms with Crippen molar-refractivity contribution in [1.29, 1.82) is 0 Å². The highest BCUT2D eigenvalue weighted by atomic mass is 127. The Kier molecular flexibility index (Phi) is 8.17. The maximum absolute atomic E-state index is 12.7. The number of halogens is 1. The molecule has 9 nitrogen and oxygen atoms in total. The Hall–Kier alpha value is -2.99. The molecule has 0 saturated heterocycles. The first-order chi connectivity index (χ1) is 15.4. The van der Waals surface area contributed by atoms with Gasteiger partial charge in [0.1, 0.15) is 11.9 Å². The number of amides is 2. The summed E-state index contributed by atoms with van der Waals surface area (Å²) in [6.07, 6.45) is 2.47. The van der Waals surface area contributed by atoms with Crippen molar-refractivity contribution in [2.24, 2.45) is 5.92 Å². The second-order valence-electron chi connectivity index (χ2n) is 7.16. The molecule has 0 saturated carbocycles. The van der Waals surface area contributed by atoms with Gasteiger partial charge in [-0.15, -0.1) is 0 Å². The van der Waals surface area contributed by atoms with Crippen LogP contribution in [0.2, 0.25) is 0 Å². The van der Waals surface area contributed by atoms with Crippen LogP contribution in [0.5, 0.6) is 17.2 Å². The molecule has 10 heteroatoms. The number of hydrogen-bond acceptors (Lipinski definition) is 7. The zero-order chi connectivity index (χ0) is 23.1. The lowest BCUT2D eigenvalue weighted by atomic mass is 9.92. The molecule has 170 valence electrons. The average Bonchev–Trinajstić information content (AvgIpc) is 3.24. The zero-order valence-electron chi connectivity index (χ0n) is 17.2. The van der Waals surface area contributed by atoms with Gasteiger partial charge in [-0.3, -0.25) is 15.3 Å². The van der Waals surface area contributed by atoms with E-state index in [1.165, 1.54) is 11.6 Å². The van der Waals surface area contributed by atoms with Crippen molar-refractivity contribution in [2.75, 3.05) is 12.1 Å². The van der Waals surface area contributed by atoms with Crippen LogP contribution in [-0.4, -0.2) is 29.1 Å². The second kappa shape index (κ2) is 11.0. The normalized spacial score (nSPS) is 14.1. The number of hydrogen-bond donors (Lipinski definition) is 4. The van der Waals surface area contributed by atoms with E-state index in [1.807, 2.05) is 6.92 Å². The van der Waals surface area contributed by atoms with Crippen LogP contribution in [0.15, 0.2) is 48.6 Å².